The van der Waals surface area contributed by atoms with Crippen LogP contribution in [-0.2, 0) is 19.6 Å². The highest BCUT2D eigenvalue weighted by Gasteiger charge is 2.35. The largest absolute Gasteiger partial charge is 0.497 e. The zero-order valence-electron chi connectivity index (χ0n) is 18.8. The molecule has 0 bridgehead atoms. The molecule has 2 atom stereocenters. The number of fused-ring (bicyclic) bond motifs is 1. The minimum Gasteiger partial charge on any atom is -0.497 e. The fourth-order valence-electron chi connectivity index (χ4n) is 4.05. The summed E-state index contributed by atoms with van der Waals surface area (Å²) in [6.07, 6.45) is 0.467. The van der Waals surface area contributed by atoms with Crippen molar-refractivity contribution >= 4 is 33.2 Å². The molecule has 33 heavy (non-hydrogen) atoms. The van der Waals surface area contributed by atoms with Crippen LogP contribution in [0.2, 0.25) is 0 Å². The van der Waals surface area contributed by atoms with E-state index < -0.39 is 22.0 Å². The van der Waals surface area contributed by atoms with Gasteiger partial charge in [0.15, 0.2) is 6.10 Å². The molecule has 1 fully saturated rings. The second-order valence-electron chi connectivity index (χ2n) is 8.28. The molecule has 176 valence electrons. The van der Waals surface area contributed by atoms with Crippen LogP contribution in [0.1, 0.15) is 25.3 Å². The predicted molar refractivity (Wildman–Crippen MR) is 123 cm³/mol. The van der Waals surface area contributed by atoms with E-state index in [0.717, 1.165) is 0 Å². The van der Waals surface area contributed by atoms with Crippen LogP contribution in [0.4, 0.5) is 11.4 Å². The Labute approximate surface area is 193 Å². The Bertz CT molecular complexity index is 1180. The minimum absolute atomic E-state index is 0.0921. The maximum atomic E-state index is 13.5. The smallest absolute Gasteiger partial charge is 0.265 e. The van der Waals surface area contributed by atoms with Crippen molar-refractivity contribution in [2.45, 2.75) is 37.7 Å². The number of methoxy groups -OCH3 is 1. The summed E-state index contributed by atoms with van der Waals surface area (Å²) in [5.74, 6) is 0.0313. The predicted octanol–water partition coefficient (Wildman–Crippen LogP) is 2.76. The Morgan fingerprint density at radius 2 is 1.97 bits per heavy atom. The number of hydrogen-bond acceptors (Lipinski definition) is 6. The number of ether oxygens (including phenoxy) is 2. The second kappa shape index (κ2) is 9.03. The number of anilines is 2. The third kappa shape index (κ3) is 4.67. The van der Waals surface area contributed by atoms with E-state index in [2.05, 4.69) is 10.6 Å². The maximum absolute atomic E-state index is 13.5. The molecule has 2 heterocycles. The quantitative estimate of drug-likeness (QED) is 0.690. The van der Waals surface area contributed by atoms with Gasteiger partial charge < -0.3 is 20.1 Å². The van der Waals surface area contributed by atoms with Gasteiger partial charge in [-0.3, -0.25) is 9.59 Å². The summed E-state index contributed by atoms with van der Waals surface area (Å²) in [4.78, 5) is 24.8. The summed E-state index contributed by atoms with van der Waals surface area (Å²) in [6, 6.07) is 10.0. The van der Waals surface area contributed by atoms with Crippen LogP contribution in [0.5, 0.6) is 11.5 Å². The summed E-state index contributed by atoms with van der Waals surface area (Å²) in [5.41, 5.74) is 1.57. The van der Waals surface area contributed by atoms with Crippen LogP contribution in [0.15, 0.2) is 41.3 Å². The van der Waals surface area contributed by atoms with Crippen LogP contribution < -0.4 is 20.1 Å². The first-order valence-corrected chi connectivity index (χ1v) is 12.2. The molecule has 2 aromatic carbocycles. The van der Waals surface area contributed by atoms with Gasteiger partial charge in [0, 0.05) is 24.8 Å². The third-order valence-corrected chi connectivity index (χ3v) is 7.95. The van der Waals surface area contributed by atoms with Gasteiger partial charge in [-0.15, -0.1) is 0 Å². The normalized spacial score (nSPS) is 20.9. The van der Waals surface area contributed by atoms with Crippen molar-refractivity contribution in [3.63, 3.8) is 0 Å². The third-order valence-electron chi connectivity index (χ3n) is 5.94. The molecule has 0 saturated carbocycles. The molecular weight excluding hydrogens is 446 g/mol. The molecule has 0 aromatic heterocycles. The lowest BCUT2D eigenvalue weighted by atomic mass is 9.99. The average molecular weight is 474 g/mol. The van der Waals surface area contributed by atoms with Gasteiger partial charge in [0.05, 0.1) is 23.6 Å². The first kappa shape index (κ1) is 23.1. The van der Waals surface area contributed by atoms with E-state index in [0.29, 0.717) is 47.8 Å². The number of benzene rings is 2. The average Bonchev–Trinajstić information content (AvgIpc) is 2.80. The molecule has 2 aliphatic heterocycles. The first-order valence-electron chi connectivity index (χ1n) is 10.8. The van der Waals surface area contributed by atoms with Crippen LogP contribution in [0.25, 0.3) is 0 Å². The first-order chi connectivity index (χ1) is 15.7. The molecule has 0 aliphatic carbocycles. The molecule has 4 rings (SSSR count). The van der Waals surface area contributed by atoms with Gasteiger partial charge in [0.1, 0.15) is 11.5 Å². The van der Waals surface area contributed by atoms with Crippen molar-refractivity contribution in [1.29, 1.82) is 0 Å². The van der Waals surface area contributed by atoms with E-state index >= 15 is 0 Å². The number of hydrogen-bond donors (Lipinski definition) is 2. The molecule has 2 amide bonds. The van der Waals surface area contributed by atoms with Gasteiger partial charge in [-0.2, -0.15) is 4.31 Å². The number of sulfonamides is 1. The summed E-state index contributed by atoms with van der Waals surface area (Å²) in [5, 5.41) is 5.59. The zero-order valence-corrected chi connectivity index (χ0v) is 19.6. The van der Waals surface area contributed by atoms with E-state index in [1.807, 2.05) is 0 Å². The van der Waals surface area contributed by atoms with E-state index in [9.17, 15) is 18.0 Å². The van der Waals surface area contributed by atoms with Crippen molar-refractivity contribution < 1.29 is 27.5 Å². The number of carbonyl (C=O) groups excluding carboxylic acids is 2. The highest BCUT2D eigenvalue weighted by atomic mass is 32.2. The summed E-state index contributed by atoms with van der Waals surface area (Å²) in [6.45, 7) is 3.70. The summed E-state index contributed by atoms with van der Waals surface area (Å²) in [7, 11) is -2.29. The van der Waals surface area contributed by atoms with Crippen molar-refractivity contribution in [3.05, 3.63) is 42.0 Å². The number of rotatable bonds is 5. The van der Waals surface area contributed by atoms with Crippen molar-refractivity contribution in [1.82, 2.24) is 4.31 Å². The molecule has 0 unspecified atom stereocenters. The standard InChI is InChI=1S/C23H27N3O6S/c1-14-11-19-20(32-15(2)22(27)25-19)12-21(14)33(29,30)26-10-4-5-16(13-26)23(28)24-17-6-8-18(31-3)9-7-17/h6-9,11-12,15-16H,4-5,10,13H2,1-3H3,(H,24,28)(H,25,27)/t15-,16-/m0/s1. The second-order valence-corrected chi connectivity index (χ2v) is 10.2. The Morgan fingerprint density at radius 3 is 2.67 bits per heavy atom. The minimum atomic E-state index is -3.86. The topological polar surface area (TPSA) is 114 Å². The summed E-state index contributed by atoms with van der Waals surface area (Å²) < 4.78 is 39.0. The lowest BCUT2D eigenvalue weighted by molar-refractivity contribution is -0.123. The highest BCUT2D eigenvalue weighted by Crippen LogP contribution is 2.36. The van der Waals surface area contributed by atoms with Gasteiger partial charge in [0.25, 0.3) is 5.91 Å². The number of nitrogens with one attached hydrogen (secondary N) is 2. The van der Waals surface area contributed by atoms with Crippen molar-refractivity contribution in [2.75, 3.05) is 30.8 Å². The Kier molecular flexibility index (Phi) is 6.31. The number of aryl methyl sites for hydroxylation is 1. The van der Waals surface area contributed by atoms with Crippen LogP contribution in [0, 0.1) is 12.8 Å². The van der Waals surface area contributed by atoms with E-state index in [1.54, 1.807) is 51.3 Å². The number of carbonyl (C=O) groups is 2. The molecule has 2 N–H and O–H groups in total. The molecule has 2 aromatic rings. The summed E-state index contributed by atoms with van der Waals surface area (Å²) >= 11 is 0. The maximum Gasteiger partial charge on any atom is 0.265 e. The SMILES string of the molecule is COc1ccc(NC(=O)[C@H]2CCCN(S(=O)(=O)c3cc4c(cc3C)NC(=O)[C@H](C)O4)C2)cc1. The lowest BCUT2D eigenvalue weighted by Gasteiger charge is -2.32. The Hall–Kier alpha value is -3.11. The number of amides is 2. The van der Waals surface area contributed by atoms with Gasteiger partial charge in [-0.05, 0) is 62.6 Å². The Morgan fingerprint density at radius 1 is 1.24 bits per heavy atom. The van der Waals surface area contributed by atoms with Crippen LogP contribution in [-0.4, -0.2) is 50.8 Å². The van der Waals surface area contributed by atoms with E-state index in [-0.39, 0.29) is 23.3 Å². The molecule has 9 nitrogen and oxygen atoms in total. The van der Waals surface area contributed by atoms with Crippen LogP contribution >= 0.6 is 0 Å². The van der Waals surface area contributed by atoms with E-state index in [4.69, 9.17) is 9.47 Å². The van der Waals surface area contributed by atoms with Crippen LogP contribution in [0.3, 0.4) is 0 Å². The van der Waals surface area contributed by atoms with E-state index in [1.165, 1.54) is 10.4 Å². The Balaban J connectivity index is 1.52. The molecule has 2 aliphatic rings. The van der Waals surface area contributed by atoms with Gasteiger partial charge in [0.2, 0.25) is 15.9 Å². The van der Waals surface area contributed by atoms with Crippen molar-refractivity contribution in [2.24, 2.45) is 5.92 Å². The zero-order chi connectivity index (χ0) is 23.8. The van der Waals surface area contributed by atoms with Gasteiger partial charge in [-0.25, -0.2) is 8.42 Å². The fourth-order valence-corrected chi connectivity index (χ4v) is 5.80. The molecule has 1 saturated heterocycles. The van der Waals surface area contributed by atoms with Gasteiger partial charge >= 0.3 is 0 Å². The molecular formula is C23H27N3O6S. The molecule has 10 heteroatoms. The fraction of sp³-hybridized carbons (Fsp3) is 0.391. The highest BCUT2D eigenvalue weighted by molar-refractivity contribution is 7.89. The number of nitrogens with zero attached hydrogens (tertiary/aromatic N) is 1. The lowest BCUT2D eigenvalue weighted by Crippen LogP contribution is -2.44. The van der Waals surface area contributed by atoms with Crippen molar-refractivity contribution in [3.8, 4) is 11.5 Å². The van der Waals surface area contributed by atoms with Gasteiger partial charge in [-0.1, -0.05) is 0 Å². The molecule has 0 spiro atoms. The number of piperidine rings is 1. The monoisotopic (exact) mass is 473 g/mol. The molecule has 0 radical (unpaired) electrons.